The third-order valence-electron chi connectivity index (χ3n) is 5.43. The third-order valence-corrected chi connectivity index (χ3v) is 5.43. The highest BCUT2D eigenvalue weighted by Gasteiger charge is 2.21. The van der Waals surface area contributed by atoms with Gasteiger partial charge in [0.1, 0.15) is 5.75 Å². The van der Waals surface area contributed by atoms with Crippen molar-refractivity contribution in [2.45, 2.75) is 57.5 Å². The Morgan fingerprint density at radius 3 is 2.62 bits per heavy atom. The molecule has 2 N–H and O–H groups in total. The monoisotopic (exact) mass is 330 g/mol. The van der Waals surface area contributed by atoms with Crippen LogP contribution in [-0.2, 0) is 11.2 Å². The standard InChI is InChI=1S/C20H30N2O2/c21-15-17-10-12-22(13-11-17)20(23)9-8-16-4-3-7-19(14-16)24-18-5-1-2-6-18/h3-4,7,14,17-18H,1-2,5-6,8-13,15,21H2. The predicted molar refractivity (Wildman–Crippen MR) is 96.0 cm³/mol. The van der Waals surface area contributed by atoms with Crippen molar-refractivity contribution in [3.63, 3.8) is 0 Å². The van der Waals surface area contributed by atoms with E-state index in [1.807, 2.05) is 17.0 Å². The number of carbonyl (C=O) groups excluding carboxylic acids is 1. The van der Waals surface area contributed by atoms with Crippen molar-refractivity contribution >= 4 is 5.91 Å². The Balaban J connectivity index is 1.46. The van der Waals surface area contributed by atoms with Gasteiger partial charge in [0.25, 0.3) is 0 Å². The third kappa shape index (κ3) is 4.73. The van der Waals surface area contributed by atoms with Gasteiger partial charge in [-0.15, -0.1) is 0 Å². The van der Waals surface area contributed by atoms with Gasteiger partial charge in [-0.25, -0.2) is 0 Å². The molecule has 0 spiro atoms. The molecule has 1 amide bonds. The van der Waals surface area contributed by atoms with E-state index >= 15 is 0 Å². The van der Waals surface area contributed by atoms with Crippen LogP contribution in [0, 0.1) is 5.92 Å². The molecule has 0 radical (unpaired) electrons. The molecule has 1 saturated heterocycles. The van der Waals surface area contributed by atoms with Crippen molar-refractivity contribution < 1.29 is 9.53 Å². The molecule has 24 heavy (non-hydrogen) atoms. The number of ether oxygens (including phenoxy) is 1. The normalized spacial score (nSPS) is 19.6. The van der Waals surface area contributed by atoms with E-state index in [1.165, 1.54) is 31.2 Å². The van der Waals surface area contributed by atoms with Crippen molar-refractivity contribution in [3.05, 3.63) is 29.8 Å². The predicted octanol–water partition coefficient (Wildman–Crippen LogP) is 3.14. The van der Waals surface area contributed by atoms with Crippen LogP contribution in [-0.4, -0.2) is 36.5 Å². The van der Waals surface area contributed by atoms with Gasteiger partial charge >= 0.3 is 0 Å². The lowest BCUT2D eigenvalue weighted by Gasteiger charge is -2.31. The van der Waals surface area contributed by atoms with Gasteiger partial charge in [0.2, 0.25) is 5.91 Å². The fraction of sp³-hybridized carbons (Fsp3) is 0.650. The molecule has 0 unspecified atom stereocenters. The number of aryl methyl sites for hydroxylation is 1. The summed E-state index contributed by atoms with van der Waals surface area (Å²) in [6.45, 7) is 2.48. The Bertz CT molecular complexity index is 532. The minimum atomic E-state index is 0.271. The molecule has 3 rings (SSSR count). The van der Waals surface area contributed by atoms with Gasteiger partial charge < -0.3 is 15.4 Å². The van der Waals surface area contributed by atoms with E-state index in [1.54, 1.807) is 0 Å². The first-order chi connectivity index (χ1) is 11.7. The molecule has 0 aromatic heterocycles. The summed E-state index contributed by atoms with van der Waals surface area (Å²) in [6.07, 6.45) is 8.74. The van der Waals surface area contributed by atoms with Crippen molar-refractivity contribution in [1.82, 2.24) is 4.90 Å². The topological polar surface area (TPSA) is 55.6 Å². The summed E-state index contributed by atoms with van der Waals surface area (Å²) in [7, 11) is 0. The molecule has 2 fully saturated rings. The summed E-state index contributed by atoms with van der Waals surface area (Å²) in [4.78, 5) is 14.4. The maximum Gasteiger partial charge on any atom is 0.222 e. The number of benzene rings is 1. The Hall–Kier alpha value is -1.55. The van der Waals surface area contributed by atoms with Crippen molar-refractivity contribution in [2.75, 3.05) is 19.6 Å². The lowest BCUT2D eigenvalue weighted by atomic mass is 9.96. The second kappa shape index (κ2) is 8.52. The van der Waals surface area contributed by atoms with Crippen molar-refractivity contribution in [2.24, 2.45) is 11.7 Å². The second-order valence-corrected chi connectivity index (χ2v) is 7.23. The maximum atomic E-state index is 12.4. The first-order valence-electron chi connectivity index (χ1n) is 9.48. The summed E-state index contributed by atoms with van der Waals surface area (Å²) < 4.78 is 6.06. The number of carbonyl (C=O) groups is 1. The SMILES string of the molecule is NCC1CCN(C(=O)CCc2cccc(OC3CCCC3)c2)CC1. The number of amides is 1. The molecular weight excluding hydrogens is 300 g/mol. The van der Waals surface area contributed by atoms with Gasteiger partial charge in [-0.3, -0.25) is 4.79 Å². The lowest BCUT2D eigenvalue weighted by Crippen LogP contribution is -2.40. The lowest BCUT2D eigenvalue weighted by molar-refractivity contribution is -0.132. The van der Waals surface area contributed by atoms with Gasteiger partial charge in [-0.2, -0.15) is 0 Å². The number of hydrogen-bond donors (Lipinski definition) is 1. The van der Waals surface area contributed by atoms with Crippen LogP contribution in [0.1, 0.15) is 50.5 Å². The molecule has 1 aromatic rings. The molecule has 1 aliphatic carbocycles. The van der Waals surface area contributed by atoms with E-state index in [0.29, 0.717) is 18.4 Å². The average Bonchev–Trinajstić information content (AvgIpc) is 3.13. The van der Waals surface area contributed by atoms with Crippen LogP contribution in [0.3, 0.4) is 0 Å². The molecular formula is C20H30N2O2. The molecule has 1 aromatic carbocycles. The first kappa shape index (κ1) is 17.3. The van der Waals surface area contributed by atoms with Crippen molar-refractivity contribution in [1.29, 1.82) is 0 Å². The Labute approximate surface area is 145 Å². The molecule has 1 saturated carbocycles. The van der Waals surface area contributed by atoms with E-state index in [0.717, 1.165) is 44.6 Å². The molecule has 0 bridgehead atoms. The highest BCUT2D eigenvalue weighted by Crippen LogP contribution is 2.25. The van der Waals surface area contributed by atoms with Crippen molar-refractivity contribution in [3.8, 4) is 5.75 Å². The molecule has 4 nitrogen and oxygen atoms in total. The minimum absolute atomic E-state index is 0.271. The number of nitrogens with two attached hydrogens (primary N) is 1. The molecule has 2 aliphatic rings. The first-order valence-corrected chi connectivity index (χ1v) is 9.48. The molecule has 132 valence electrons. The molecule has 4 heteroatoms. The Morgan fingerprint density at radius 1 is 1.17 bits per heavy atom. The van der Waals surface area contributed by atoms with E-state index in [-0.39, 0.29) is 5.91 Å². The van der Waals surface area contributed by atoms with Crippen LogP contribution < -0.4 is 10.5 Å². The van der Waals surface area contributed by atoms with Crippen LogP contribution in [0.2, 0.25) is 0 Å². The number of likely N-dealkylation sites (tertiary alicyclic amines) is 1. The minimum Gasteiger partial charge on any atom is -0.490 e. The number of hydrogen-bond acceptors (Lipinski definition) is 3. The van der Waals surface area contributed by atoms with Gasteiger partial charge in [-0.05, 0) is 75.1 Å². The van der Waals surface area contributed by atoms with E-state index < -0.39 is 0 Å². The fourth-order valence-corrected chi connectivity index (χ4v) is 3.80. The van der Waals surface area contributed by atoms with Crippen LogP contribution >= 0.6 is 0 Å². The molecule has 0 atom stereocenters. The summed E-state index contributed by atoms with van der Waals surface area (Å²) in [5.41, 5.74) is 6.91. The zero-order valence-corrected chi connectivity index (χ0v) is 14.6. The summed E-state index contributed by atoms with van der Waals surface area (Å²) in [5.74, 6) is 1.82. The summed E-state index contributed by atoms with van der Waals surface area (Å²) >= 11 is 0. The Kier molecular flexibility index (Phi) is 6.13. The van der Waals surface area contributed by atoms with Gasteiger partial charge in [0.15, 0.2) is 0 Å². The summed E-state index contributed by atoms with van der Waals surface area (Å²) in [6, 6.07) is 8.26. The number of rotatable bonds is 6. The van der Waals surface area contributed by atoms with Gasteiger partial charge in [0.05, 0.1) is 6.10 Å². The summed E-state index contributed by atoms with van der Waals surface area (Å²) in [5, 5.41) is 0. The zero-order chi connectivity index (χ0) is 16.8. The van der Waals surface area contributed by atoms with Crippen LogP contribution in [0.15, 0.2) is 24.3 Å². The largest absolute Gasteiger partial charge is 0.490 e. The van der Waals surface area contributed by atoms with Crippen LogP contribution in [0.25, 0.3) is 0 Å². The fourth-order valence-electron chi connectivity index (χ4n) is 3.80. The number of piperidine rings is 1. The quantitative estimate of drug-likeness (QED) is 0.872. The smallest absolute Gasteiger partial charge is 0.222 e. The average molecular weight is 330 g/mol. The van der Waals surface area contributed by atoms with E-state index in [2.05, 4.69) is 12.1 Å². The van der Waals surface area contributed by atoms with E-state index in [9.17, 15) is 4.79 Å². The van der Waals surface area contributed by atoms with Crippen LogP contribution in [0.5, 0.6) is 5.75 Å². The van der Waals surface area contributed by atoms with E-state index in [4.69, 9.17) is 10.5 Å². The molecule has 1 heterocycles. The Morgan fingerprint density at radius 2 is 1.92 bits per heavy atom. The second-order valence-electron chi connectivity index (χ2n) is 7.23. The highest BCUT2D eigenvalue weighted by atomic mass is 16.5. The van der Waals surface area contributed by atoms with Crippen LogP contribution in [0.4, 0.5) is 0 Å². The maximum absolute atomic E-state index is 12.4. The number of nitrogens with zero attached hydrogens (tertiary/aromatic N) is 1. The van der Waals surface area contributed by atoms with Gasteiger partial charge in [0, 0.05) is 19.5 Å². The molecule has 1 aliphatic heterocycles. The highest BCUT2D eigenvalue weighted by molar-refractivity contribution is 5.76. The zero-order valence-electron chi connectivity index (χ0n) is 14.6. The van der Waals surface area contributed by atoms with Gasteiger partial charge in [-0.1, -0.05) is 12.1 Å².